The molecular formula is C23H30N2O4. The van der Waals surface area contributed by atoms with E-state index in [1.54, 1.807) is 7.11 Å². The molecule has 2 aromatic carbocycles. The van der Waals surface area contributed by atoms with Gasteiger partial charge in [-0.15, -0.1) is 0 Å². The van der Waals surface area contributed by atoms with Crippen molar-refractivity contribution >= 4 is 5.91 Å². The summed E-state index contributed by atoms with van der Waals surface area (Å²) in [5.41, 5.74) is 2.39. The predicted octanol–water partition coefficient (Wildman–Crippen LogP) is 2.83. The molecule has 6 nitrogen and oxygen atoms in total. The SMILES string of the molecule is CCc1ccc(OCC(=O)NC[C@H](c2ccc(OC)cc2)N2CCOCC2)cc1. The Labute approximate surface area is 172 Å². The monoisotopic (exact) mass is 398 g/mol. The first-order valence-corrected chi connectivity index (χ1v) is 10.1. The summed E-state index contributed by atoms with van der Waals surface area (Å²) in [6, 6.07) is 15.9. The summed E-state index contributed by atoms with van der Waals surface area (Å²) in [7, 11) is 1.66. The first-order valence-electron chi connectivity index (χ1n) is 10.1. The van der Waals surface area contributed by atoms with E-state index in [0.29, 0.717) is 25.5 Å². The number of carbonyl (C=O) groups is 1. The number of hydrogen-bond acceptors (Lipinski definition) is 5. The quantitative estimate of drug-likeness (QED) is 0.704. The first-order chi connectivity index (χ1) is 14.2. The maximum absolute atomic E-state index is 12.4. The van der Waals surface area contributed by atoms with Crippen LogP contribution >= 0.6 is 0 Å². The number of nitrogens with zero attached hydrogens (tertiary/aromatic N) is 1. The van der Waals surface area contributed by atoms with Crippen molar-refractivity contribution in [2.75, 3.05) is 46.6 Å². The molecule has 1 atom stereocenters. The molecule has 29 heavy (non-hydrogen) atoms. The van der Waals surface area contributed by atoms with Crippen LogP contribution in [0.3, 0.4) is 0 Å². The molecular weight excluding hydrogens is 368 g/mol. The van der Waals surface area contributed by atoms with Crippen molar-refractivity contribution in [3.8, 4) is 11.5 Å². The number of benzene rings is 2. The van der Waals surface area contributed by atoms with Crippen LogP contribution in [0.4, 0.5) is 0 Å². The summed E-state index contributed by atoms with van der Waals surface area (Å²) < 4.78 is 16.4. The van der Waals surface area contributed by atoms with Crippen LogP contribution in [0, 0.1) is 0 Å². The van der Waals surface area contributed by atoms with E-state index in [2.05, 4.69) is 29.3 Å². The Morgan fingerprint density at radius 2 is 1.72 bits per heavy atom. The van der Waals surface area contributed by atoms with E-state index in [4.69, 9.17) is 14.2 Å². The van der Waals surface area contributed by atoms with Gasteiger partial charge in [0, 0.05) is 19.6 Å². The Kier molecular flexibility index (Phi) is 7.90. The van der Waals surface area contributed by atoms with Crippen LogP contribution in [0.2, 0.25) is 0 Å². The maximum Gasteiger partial charge on any atom is 0.258 e. The molecule has 6 heteroatoms. The Balaban J connectivity index is 1.56. The van der Waals surface area contributed by atoms with Gasteiger partial charge in [0.2, 0.25) is 0 Å². The second kappa shape index (κ2) is 10.8. The van der Waals surface area contributed by atoms with Crippen LogP contribution < -0.4 is 14.8 Å². The highest BCUT2D eigenvalue weighted by molar-refractivity contribution is 5.77. The average molecular weight is 399 g/mol. The lowest BCUT2D eigenvalue weighted by atomic mass is 10.0. The highest BCUT2D eigenvalue weighted by Gasteiger charge is 2.23. The number of methoxy groups -OCH3 is 1. The normalized spacial score (nSPS) is 15.5. The van der Waals surface area contributed by atoms with Crippen molar-refractivity contribution in [3.05, 3.63) is 59.7 Å². The fraction of sp³-hybridized carbons (Fsp3) is 0.435. The molecule has 1 aliphatic rings. The molecule has 0 aliphatic carbocycles. The fourth-order valence-corrected chi connectivity index (χ4v) is 3.40. The zero-order chi connectivity index (χ0) is 20.5. The lowest BCUT2D eigenvalue weighted by Crippen LogP contribution is -2.44. The molecule has 0 spiro atoms. The summed E-state index contributed by atoms with van der Waals surface area (Å²) in [5, 5.41) is 3.02. The van der Waals surface area contributed by atoms with Gasteiger partial charge in [0.25, 0.3) is 5.91 Å². The molecule has 1 fully saturated rings. The van der Waals surface area contributed by atoms with Gasteiger partial charge in [-0.05, 0) is 41.8 Å². The number of morpholine rings is 1. The summed E-state index contributed by atoms with van der Waals surface area (Å²) in [6.07, 6.45) is 0.981. The van der Waals surface area contributed by atoms with Crippen molar-refractivity contribution in [1.82, 2.24) is 10.2 Å². The lowest BCUT2D eigenvalue weighted by molar-refractivity contribution is -0.123. The molecule has 0 radical (unpaired) electrons. The summed E-state index contributed by atoms with van der Waals surface area (Å²) >= 11 is 0. The minimum Gasteiger partial charge on any atom is -0.497 e. The Bertz CT molecular complexity index is 755. The number of hydrogen-bond donors (Lipinski definition) is 1. The van der Waals surface area contributed by atoms with Crippen LogP contribution in [0.15, 0.2) is 48.5 Å². The molecule has 0 saturated carbocycles. The second-order valence-corrected chi connectivity index (χ2v) is 7.03. The minimum atomic E-state index is -0.128. The topological polar surface area (TPSA) is 60.0 Å². The van der Waals surface area contributed by atoms with Gasteiger partial charge in [0.15, 0.2) is 6.61 Å². The van der Waals surface area contributed by atoms with Crippen molar-refractivity contribution < 1.29 is 19.0 Å². The highest BCUT2D eigenvalue weighted by atomic mass is 16.5. The van der Waals surface area contributed by atoms with E-state index in [-0.39, 0.29) is 18.6 Å². The molecule has 1 amide bonds. The standard InChI is InChI=1S/C23H30N2O4/c1-3-18-4-8-21(9-5-18)29-17-23(26)24-16-22(25-12-14-28-15-13-25)19-6-10-20(27-2)11-7-19/h4-11,22H,3,12-17H2,1-2H3,(H,24,26)/t22-/m1/s1. The van der Waals surface area contributed by atoms with E-state index in [1.165, 1.54) is 5.56 Å². The average Bonchev–Trinajstić information content (AvgIpc) is 2.79. The zero-order valence-corrected chi connectivity index (χ0v) is 17.2. The van der Waals surface area contributed by atoms with Crippen molar-refractivity contribution in [2.24, 2.45) is 0 Å². The van der Waals surface area contributed by atoms with Gasteiger partial charge in [-0.25, -0.2) is 0 Å². The molecule has 1 aliphatic heterocycles. The number of amides is 1. The van der Waals surface area contributed by atoms with Crippen LogP contribution in [-0.2, 0) is 16.0 Å². The van der Waals surface area contributed by atoms with Crippen molar-refractivity contribution in [2.45, 2.75) is 19.4 Å². The molecule has 3 rings (SSSR count). The van der Waals surface area contributed by atoms with Crippen LogP contribution in [0.5, 0.6) is 11.5 Å². The number of ether oxygens (including phenoxy) is 3. The molecule has 1 heterocycles. The molecule has 1 saturated heterocycles. The third kappa shape index (κ3) is 6.21. The van der Waals surface area contributed by atoms with Crippen molar-refractivity contribution in [1.29, 1.82) is 0 Å². The summed E-state index contributed by atoms with van der Waals surface area (Å²) in [6.45, 7) is 5.72. The number of nitrogens with one attached hydrogen (secondary N) is 1. The van der Waals surface area contributed by atoms with E-state index >= 15 is 0 Å². The van der Waals surface area contributed by atoms with Gasteiger partial charge in [0.05, 0.1) is 26.4 Å². The first kappa shape index (κ1) is 21.1. The Morgan fingerprint density at radius 1 is 1.07 bits per heavy atom. The summed E-state index contributed by atoms with van der Waals surface area (Å²) in [4.78, 5) is 14.7. The van der Waals surface area contributed by atoms with Gasteiger partial charge in [0.1, 0.15) is 11.5 Å². The molecule has 2 aromatic rings. The minimum absolute atomic E-state index is 0.00388. The predicted molar refractivity (Wildman–Crippen MR) is 112 cm³/mol. The van der Waals surface area contributed by atoms with Crippen molar-refractivity contribution in [3.63, 3.8) is 0 Å². The zero-order valence-electron chi connectivity index (χ0n) is 17.2. The number of carbonyl (C=O) groups excluding carboxylic acids is 1. The Morgan fingerprint density at radius 3 is 2.34 bits per heavy atom. The third-order valence-corrected chi connectivity index (χ3v) is 5.18. The van der Waals surface area contributed by atoms with E-state index < -0.39 is 0 Å². The van der Waals surface area contributed by atoms with E-state index in [1.807, 2.05) is 36.4 Å². The lowest BCUT2D eigenvalue weighted by Gasteiger charge is -2.35. The van der Waals surface area contributed by atoms with E-state index in [9.17, 15) is 4.79 Å². The van der Waals surface area contributed by atoms with E-state index in [0.717, 1.165) is 30.8 Å². The number of rotatable bonds is 9. The third-order valence-electron chi connectivity index (χ3n) is 5.18. The molecule has 1 N–H and O–H groups in total. The maximum atomic E-state index is 12.4. The van der Waals surface area contributed by atoms with Crippen LogP contribution in [-0.4, -0.2) is 57.4 Å². The smallest absolute Gasteiger partial charge is 0.258 e. The molecule has 0 bridgehead atoms. The van der Waals surface area contributed by atoms with Gasteiger partial charge >= 0.3 is 0 Å². The highest BCUT2D eigenvalue weighted by Crippen LogP contribution is 2.23. The summed E-state index contributed by atoms with van der Waals surface area (Å²) in [5.74, 6) is 1.40. The largest absolute Gasteiger partial charge is 0.497 e. The van der Waals surface area contributed by atoms with Gasteiger partial charge in [-0.1, -0.05) is 31.2 Å². The molecule has 0 unspecified atom stereocenters. The Hall–Kier alpha value is -2.57. The fourth-order valence-electron chi connectivity index (χ4n) is 3.40. The van der Waals surface area contributed by atoms with Crippen LogP contribution in [0.25, 0.3) is 0 Å². The van der Waals surface area contributed by atoms with Crippen LogP contribution in [0.1, 0.15) is 24.1 Å². The molecule has 0 aromatic heterocycles. The van der Waals surface area contributed by atoms with Gasteiger partial charge < -0.3 is 19.5 Å². The second-order valence-electron chi connectivity index (χ2n) is 7.03. The van der Waals surface area contributed by atoms with Gasteiger partial charge in [-0.2, -0.15) is 0 Å². The molecule has 156 valence electrons. The van der Waals surface area contributed by atoms with Gasteiger partial charge in [-0.3, -0.25) is 9.69 Å². The number of aryl methyl sites for hydroxylation is 1.